The van der Waals surface area contributed by atoms with Crippen LogP contribution in [-0.2, 0) is 6.54 Å². The van der Waals surface area contributed by atoms with Crippen molar-refractivity contribution >= 4 is 11.2 Å². The molecule has 0 aliphatic carbocycles. The fourth-order valence-electron chi connectivity index (χ4n) is 3.11. The van der Waals surface area contributed by atoms with E-state index >= 15 is 0 Å². The summed E-state index contributed by atoms with van der Waals surface area (Å²) in [6, 6.07) is 4.04. The van der Waals surface area contributed by atoms with Gasteiger partial charge in [-0.3, -0.25) is 0 Å². The average molecular weight is 258 g/mol. The van der Waals surface area contributed by atoms with Gasteiger partial charge in [-0.15, -0.1) is 0 Å². The van der Waals surface area contributed by atoms with Crippen LogP contribution in [0.1, 0.15) is 38.4 Å². The Hall–Kier alpha value is -1.42. The largest absolute Gasteiger partial charge is 0.313 e. The molecule has 2 aromatic heterocycles. The Balaban J connectivity index is 1.92. The van der Waals surface area contributed by atoms with Crippen LogP contribution in [-0.4, -0.2) is 39.1 Å². The molecule has 0 saturated carbocycles. The zero-order chi connectivity index (χ0) is 13.2. The second kappa shape index (κ2) is 5.29. The van der Waals surface area contributed by atoms with E-state index in [1.807, 2.05) is 12.3 Å². The summed E-state index contributed by atoms with van der Waals surface area (Å²) in [7, 11) is 0. The average Bonchev–Trinajstić information content (AvgIpc) is 2.85. The van der Waals surface area contributed by atoms with Crippen molar-refractivity contribution in [2.75, 3.05) is 19.6 Å². The first-order chi connectivity index (χ1) is 9.33. The molecule has 0 amide bonds. The number of aryl methyl sites for hydroxylation is 1. The molecule has 0 unspecified atom stereocenters. The van der Waals surface area contributed by atoms with Crippen LogP contribution < -0.4 is 0 Å². The minimum absolute atomic E-state index is 0.594. The maximum absolute atomic E-state index is 4.84. The third kappa shape index (κ3) is 2.25. The number of aromatic nitrogens is 3. The van der Waals surface area contributed by atoms with Gasteiger partial charge in [0.05, 0.1) is 0 Å². The normalized spacial score (nSPS) is 18.2. The SMILES string of the molecule is CCN1CCC(c2nc3cccnc3n2CC)CC1. The van der Waals surface area contributed by atoms with Crippen LogP contribution in [0.25, 0.3) is 11.2 Å². The van der Waals surface area contributed by atoms with Crippen molar-refractivity contribution in [1.82, 2.24) is 19.4 Å². The summed E-state index contributed by atoms with van der Waals surface area (Å²) in [6.45, 7) is 8.93. The van der Waals surface area contributed by atoms with Crippen molar-refractivity contribution in [2.24, 2.45) is 0 Å². The summed E-state index contributed by atoms with van der Waals surface area (Å²) in [6.07, 6.45) is 4.30. The van der Waals surface area contributed by atoms with Crippen molar-refractivity contribution in [3.05, 3.63) is 24.2 Å². The molecule has 0 spiro atoms. The van der Waals surface area contributed by atoms with Crippen LogP contribution in [0.2, 0.25) is 0 Å². The van der Waals surface area contributed by atoms with Gasteiger partial charge in [-0.25, -0.2) is 9.97 Å². The maximum Gasteiger partial charge on any atom is 0.159 e. The Kier molecular flexibility index (Phi) is 3.51. The van der Waals surface area contributed by atoms with Gasteiger partial charge < -0.3 is 9.47 Å². The molecule has 0 bridgehead atoms. The minimum Gasteiger partial charge on any atom is -0.313 e. The molecule has 4 nitrogen and oxygen atoms in total. The van der Waals surface area contributed by atoms with Gasteiger partial charge in [0.1, 0.15) is 11.3 Å². The fourth-order valence-corrected chi connectivity index (χ4v) is 3.11. The monoisotopic (exact) mass is 258 g/mol. The van der Waals surface area contributed by atoms with Gasteiger partial charge in [0, 0.05) is 18.7 Å². The van der Waals surface area contributed by atoms with Crippen LogP contribution in [0.3, 0.4) is 0 Å². The Labute approximate surface area is 114 Å². The van der Waals surface area contributed by atoms with Crippen LogP contribution >= 0.6 is 0 Å². The van der Waals surface area contributed by atoms with Crippen molar-refractivity contribution in [3.8, 4) is 0 Å². The highest BCUT2D eigenvalue weighted by Crippen LogP contribution is 2.29. The highest BCUT2D eigenvalue weighted by atomic mass is 15.2. The molecule has 3 heterocycles. The summed E-state index contributed by atoms with van der Waals surface area (Å²) in [4.78, 5) is 11.9. The predicted molar refractivity (Wildman–Crippen MR) is 77.3 cm³/mol. The van der Waals surface area contributed by atoms with E-state index < -0.39 is 0 Å². The van der Waals surface area contributed by atoms with Gasteiger partial charge in [0.2, 0.25) is 0 Å². The Morgan fingerprint density at radius 2 is 2.00 bits per heavy atom. The van der Waals surface area contributed by atoms with Gasteiger partial charge in [-0.1, -0.05) is 6.92 Å². The number of nitrogens with zero attached hydrogens (tertiary/aromatic N) is 4. The molecule has 2 aromatic rings. The molecule has 3 rings (SSSR count). The molecular weight excluding hydrogens is 236 g/mol. The zero-order valence-electron chi connectivity index (χ0n) is 11.8. The number of fused-ring (bicyclic) bond motifs is 1. The topological polar surface area (TPSA) is 34.0 Å². The molecule has 19 heavy (non-hydrogen) atoms. The molecule has 1 aliphatic heterocycles. The summed E-state index contributed by atoms with van der Waals surface area (Å²) in [5.74, 6) is 1.84. The lowest BCUT2D eigenvalue weighted by Gasteiger charge is -2.30. The first kappa shape index (κ1) is 12.6. The molecule has 1 fully saturated rings. The minimum atomic E-state index is 0.594. The smallest absolute Gasteiger partial charge is 0.159 e. The lowest BCUT2D eigenvalue weighted by molar-refractivity contribution is 0.217. The van der Waals surface area contributed by atoms with Crippen molar-refractivity contribution in [2.45, 2.75) is 39.2 Å². The second-order valence-corrected chi connectivity index (χ2v) is 5.27. The molecule has 1 aliphatic rings. The zero-order valence-corrected chi connectivity index (χ0v) is 11.8. The Morgan fingerprint density at radius 1 is 1.21 bits per heavy atom. The molecule has 0 atom stereocenters. The number of imidazole rings is 1. The van der Waals surface area contributed by atoms with E-state index in [0.717, 1.165) is 17.7 Å². The number of likely N-dealkylation sites (tertiary alicyclic amines) is 1. The fraction of sp³-hybridized carbons (Fsp3) is 0.600. The van der Waals surface area contributed by atoms with Gasteiger partial charge in [-0.05, 0) is 51.5 Å². The number of piperidine rings is 1. The van der Waals surface area contributed by atoms with Crippen LogP contribution in [0.15, 0.2) is 18.3 Å². The number of rotatable bonds is 3. The number of hydrogen-bond donors (Lipinski definition) is 0. The highest BCUT2D eigenvalue weighted by molar-refractivity contribution is 5.71. The van der Waals surface area contributed by atoms with Gasteiger partial charge in [-0.2, -0.15) is 0 Å². The molecule has 0 radical (unpaired) electrons. The van der Waals surface area contributed by atoms with E-state index in [2.05, 4.69) is 34.4 Å². The van der Waals surface area contributed by atoms with E-state index in [4.69, 9.17) is 4.98 Å². The first-order valence-electron chi connectivity index (χ1n) is 7.37. The summed E-state index contributed by atoms with van der Waals surface area (Å²) in [5, 5.41) is 0. The van der Waals surface area contributed by atoms with E-state index in [9.17, 15) is 0 Å². The summed E-state index contributed by atoms with van der Waals surface area (Å²) >= 11 is 0. The Morgan fingerprint density at radius 3 is 2.68 bits per heavy atom. The van der Waals surface area contributed by atoms with Gasteiger partial charge >= 0.3 is 0 Å². The van der Waals surface area contributed by atoms with E-state index in [-0.39, 0.29) is 0 Å². The lowest BCUT2D eigenvalue weighted by Crippen LogP contribution is -2.33. The quantitative estimate of drug-likeness (QED) is 0.848. The lowest BCUT2D eigenvalue weighted by atomic mass is 9.96. The first-order valence-corrected chi connectivity index (χ1v) is 7.37. The predicted octanol–water partition coefficient (Wildman–Crippen LogP) is 2.65. The molecule has 1 saturated heterocycles. The van der Waals surface area contributed by atoms with Crippen LogP contribution in [0.4, 0.5) is 0 Å². The summed E-state index contributed by atoms with van der Waals surface area (Å²) in [5.41, 5.74) is 2.08. The highest BCUT2D eigenvalue weighted by Gasteiger charge is 2.24. The third-order valence-electron chi connectivity index (χ3n) is 4.25. The molecular formula is C15H22N4. The van der Waals surface area contributed by atoms with Crippen LogP contribution in [0.5, 0.6) is 0 Å². The van der Waals surface area contributed by atoms with E-state index in [1.54, 1.807) is 0 Å². The Bertz CT molecular complexity index is 552. The number of pyridine rings is 1. The van der Waals surface area contributed by atoms with Crippen molar-refractivity contribution < 1.29 is 0 Å². The molecule has 0 aromatic carbocycles. The van der Waals surface area contributed by atoms with Crippen molar-refractivity contribution in [3.63, 3.8) is 0 Å². The van der Waals surface area contributed by atoms with Gasteiger partial charge in [0.25, 0.3) is 0 Å². The molecule has 0 N–H and O–H groups in total. The van der Waals surface area contributed by atoms with Crippen LogP contribution in [0, 0.1) is 0 Å². The van der Waals surface area contributed by atoms with Gasteiger partial charge in [0.15, 0.2) is 5.65 Å². The number of hydrogen-bond acceptors (Lipinski definition) is 3. The maximum atomic E-state index is 4.84. The van der Waals surface area contributed by atoms with E-state index in [1.165, 1.54) is 38.3 Å². The standard InChI is InChI=1S/C15H22N4/c1-3-18-10-7-12(8-11-18)14-17-13-6-5-9-16-15(13)19(14)4-2/h5-6,9,12H,3-4,7-8,10-11H2,1-2H3. The molecule has 102 valence electrons. The van der Waals surface area contributed by atoms with Crippen molar-refractivity contribution in [1.29, 1.82) is 0 Å². The van der Waals surface area contributed by atoms with E-state index in [0.29, 0.717) is 5.92 Å². The second-order valence-electron chi connectivity index (χ2n) is 5.27. The molecule has 4 heteroatoms. The third-order valence-corrected chi connectivity index (χ3v) is 4.25. The summed E-state index contributed by atoms with van der Waals surface area (Å²) < 4.78 is 2.29.